The second-order valence-electron chi connectivity index (χ2n) is 4.82. The Balaban J connectivity index is 3.06. The number of carbonyl (C=O) groups is 1. The minimum absolute atomic E-state index is 0.0885. The fourth-order valence-electron chi connectivity index (χ4n) is 1.71. The molecule has 0 radical (unpaired) electrons. The lowest BCUT2D eigenvalue weighted by molar-refractivity contribution is 0.0738. The molecule has 1 amide bonds. The molecule has 0 aromatic heterocycles. The standard InChI is InChI=1S/C13H17BrFNO3S/c1-8(9(2)20(4,18)19)16(3)13(17)11-7-10(14)5-6-12(11)15/h5-9H,1-4H3/t8-,9+/m1/s1. The smallest absolute Gasteiger partial charge is 0.256 e. The molecule has 20 heavy (non-hydrogen) atoms. The molecule has 1 rings (SSSR count). The summed E-state index contributed by atoms with van der Waals surface area (Å²) in [5.74, 6) is -1.18. The van der Waals surface area contributed by atoms with E-state index in [1.54, 1.807) is 6.92 Å². The summed E-state index contributed by atoms with van der Waals surface area (Å²) in [5.41, 5.74) is -0.0885. The highest BCUT2D eigenvalue weighted by atomic mass is 79.9. The molecule has 0 bridgehead atoms. The third-order valence-electron chi connectivity index (χ3n) is 3.44. The van der Waals surface area contributed by atoms with Crippen molar-refractivity contribution in [2.45, 2.75) is 25.1 Å². The van der Waals surface area contributed by atoms with Crippen molar-refractivity contribution >= 4 is 31.7 Å². The molecular formula is C13H17BrFNO3S. The minimum Gasteiger partial charge on any atom is -0.338 e. The molecule has 0 aliphatic heterocycles. The van der Waals surface area contributed by atoms with E-state index in [4.69, 9.17) is 0 Å². The van der Waals surface area contributed by atoms with Crippen LogP contribution in [0.3, 0.4) is 0 Å². The summed E-state index contributed by atoms with van der Waals surface area (Å²) in [7, 11) is -1.81. The van der Waals surface area contributed by atoms with Crippen LogP contribution < -0.4 is 0 Å². The molecule has 7 heteroatoms. The first kappa shape index (κ1) is 17.1. The molecule has 0 saturated heterocycles. The van der Waals surface area contributed by atoms with Crippen molar-refractivity contribution in [1.29, 1.82) is 0 Å². The van der Waals surface area contributed by atoms with Crippen LogP contribution in [0.25, 0.3) is 0 Å². The molecule has 0 unspecified atom stereocenters. The summed E-state index contributed by atoms with van der Waals surface area (Å²) >= 11 is 3.18. The lowest BCUT2D eigenvalue weighted by atomic mass is 10.1. The normalized spacial score (nSPS) is 14.7. The van der Waals surface area contributed by atoms with Gasteiger partial charge in [0.1, 0.15) is 5.82 Å². The first-order chi connectivity index (χ1) is 9.05. The quantitative estimate of drug-likeness (QED) is 0.823. The third-order valence-corrected chi connectivity index (χ3v) is 5.68. The van der Waals surface area contributed by atoms with Gasteiger partial charge in [0, 0.05) is 23.8 Å². The highest BCUT2D eigenvalue weighted by molar-refractivity contribution is 9.10. The number of rotatable bonds is 4. The van der Waals surface area contributed by atoms with Crippen LogP contribution in [-0.2, 0) is 9.84 Å². The number of sulfone groups is 1. The molecule has 0 saturated carbocycles. The Morgan fingerprint density at radius 2 is 1.90 bits per heavy atom. The lowest BCUT2D eigenvalue weighted by Crippen LogP contribution is -2.44. The van der Waals surface area contributed by atoms with Crippen molar-refractivity contribution in [3.8, 4) is 0 Å². The first-order valence-corrected chi connectivity index (χ1v) is 8.71. The maximum absolute atomic E-state index is 13.7. The van der Waals surface area contributed by atoms with Gasteiger partial charge in [-0.1, -0.05) is 15.9 Å². The van der Waals surface area contributed by atoms with Crippen LogP contribution in [-0.4, -0.2) is 43.8 Å². The van der Waals surface area contributed by atoms with E-state index < -0.39 is 32.9 Å². The first-order valence-electron chi connectivity index (χ1n) is 5.96. The highest BCUT2D eigenvalue weighted by Gasteiger charge is 2.29. The summed E-state index contributed by atoms with van der Waals surface area (Å²) in [5, 5.41) is -0.730. The zero-order valence-corrected chi connectivity index (χ0v) is 14.1. The Hall–Kier alpha value is -0.950. The van der Waals surface area contributed by atoms with Crippen LogP contribution in [0.1, 0.15) is 24.2 Å². The van der Waals surface area contributed by atoms with Crippen LogP contribution >= 0.6 is 15.9 Å². The third kappa shape index (κ3) is 3.79. The summed E-state index contributed by atoms with van der Waals surface area (Å²) in [6, 6.07) is 3.51. The molecule has 0 aliphatic rings. The number of nitrogens with zero attached hydrogens (tertiary/aromatic N) is 1. The van der Waals surface area contributed by atoms with Gasteiger partial charge in [0.05, 0.1) is 10.8 Å². The Kier molecular flexibility index (Phi) is 5.32. The molecule has 0 heterocycles. The van der Waals surface area contributed by atoms with Crippen molar-refractivity contribution in [3.05, 3.63) is 34.1 Å². The average Bonchev–Trinajstić information content (AvgIpc) is 2.37. The van der Waals surface area contributed by atoms with Gasteiger partial charge in [-0.3, -0.25) is 4.79 Å². The zero-order valence-electron chi connectivity index (χ0n) is 11.7. The summed E-state index contributed by atoms with van der Waals surface area (Å²) < 4.78 is 37.4. The van der Waals surface area contributed by atoms with Crippen LogP contribution in [0, 0.1) is 5.82 Å². The number of hydrogen-bond acceptors (Lipinski definition) is 3. The Morgan fingerprint density at radius 3 is 2.40 bits per heavy atom. The molecule has 0 N–H and O–H groups in total. The summed E-state index contributed by atoms with van der Waals surface area (Å²) in [6.07, 6.45) is 1.12. The number of amides is 1. The van der Waals surface area contributed by atoms with Crippen molar-refractivity contribution in [1.82, 2.24) is 4.90 Å². The van der Waals surface area contributed by atoms with Crippen LogP contribution in [0.4, 0.5) is 4.39 Å². The number of carbonyl (C=O) groups excluding carboxylic acids is 1. The van der Waals surface area contributed by atoms with Crippen molar-refractivity contribution in [2.75, 3.05) is 13.3 Å². The number of benzene rings is 1. The Morgan fingerprint density at radius 1 is 1.35 bits per heavy atom. The van der Waals surface area contributed by atoms with E-state index in [1.165, 1.54) is 37.1 Å². The molecule has 1 aromatic rings. The fourth-order valence-corrected chi connectivity index (χ4v) is 2.97. The van der Waals surface area contributed by atoms with E-state index in [0.29, 0.717) is 4.47 Å². The predicted molar refractivity (Wildman–Crippen MR) is 80.0 cm³/mol. The second kappa shape index (κ2) is 6.22. The average molecular weight is 366 g/mol. The highest BCUT2D eigenvalue weighted by Crippen LogP contribution is 2.19. The van der Waals surface area contributed by atoms with Gasteiger partial charge in [-0.05, 0) is 32.0 Å². The van der Waals surface area contributed by atoms with E-state index >= 15 is 0 Å². The summed E-state index contributed by atoms with van der Waals surface area (Å²) in [6.45, 7) is 3.15. The van der Waals surface area contributed by atoms with Gasteiger partial charge in [0.2, 0.25) is 0 Å². The second-order valence-corrected chi connectivity index (χ2v) is 8.13. The molecule has 4 nitrogen and oxygen atoms in total. The Bertz CT molecular complexity index is 618. The Labute approximate surface area is 127 Å². The van der Waals surface area contributed by atoms with Gasteiger partial charge in [0.25, 0.3) is 5.91 Å². The number of hydrogen-bond donors (Lipinski definition) is 0. The summed E-state index contributed by atoms with van der Waals surface area (Å²) in [4.78, 5) is 13.5. The van der Waals surface area contributed by atoms with E-state index in [2.05, 4.69) is 15.9 Å². The van der Waals surface area contributed by atoms with E-state index in [1.807, 2.05) is 0 Å². The fraction of sp³-hybridized carbons (Fsp3) is 0.462. The lowest BCUT2D eigenvalue weighted by Gasteiger charge is -2.29. The predicted octanol–water partition coefficient (Wildman–Crippen LogP) is 2.48. The molecule has 1 aromatic carbocycles. The van der Waals surface area contributed by atoms with Crippen molar-refractivity contribution in [2.24, 2.45) is 0 Å². The van der Waals surface area contributed by atoms with Crippen LogP contribution in [0.5, 0.6) is 0 Å². The molecule has 0 spiro atoms. The maximum atomic E-state index is 13.7. The molecule has 0 fully saturated rings. The van der Waals surface area contributed by atoms with Gasteiger partial charge in [-0.2, -0.15) is 0 Å². The van der Waals surface area contributed by atoms with Crippen LogP contribution in [0.2, 0.25) is 0 Å². The molecular weight excluding hydrogens is 349 g/mol. The van der Waals surface area contributed by atoms with Gasteiger partial charge in [0.15, 0.2) is 9.84 Å². The molecule has 112 valence electrons. The van der Waals surface area contributed by atoms with Crippen LogP contribution in [0.15, 0.2) is 22.7 Å². The van der Waals surface area contributed by atoms with Gasteiger partial charge in [-0.25, -0.2) is 12.8 Å². The van der Waals surface area contributed by atoms with Crippen molar-refractivity contribution < 1.29 is 17.6 Å². The van der Waals surface area contributed by atoms with E-state index in [-0.39, 0.29) is 5.56 Å². The van der Waals surface area contributed by atoms with E-state index in [0.717, 1.165) is 6.26 Å². The van der Waals surface area contributed by atoms with Gasteiger partial charge < -0.3 is 4.90 Å². The van der Waals surface area contributed by atoms with Gasteiger partial charge in [-0.15, -0.1) is 0 Å². The minimum atomic E-state index is -3.28. The van der Waals surface area contributed by atoms with Crippen molar-refractivity contribution in [3.63, 3.8) is 0 Å². The SMILES string of the molecule is C[C@H]([C@H](C)S(C)(=O)=O)N(C)C(=O)c1cc(Br)ccc1F. The topological polar surface area (TPSA) is 54.5 Å². The largest absolute Gasteiger partial charge is 0.338 e. The molecule has 2 atom stereocenters. The monoisotopic (exact) mass is 365 g/mol. The molecule has 0 aliphatic carbocycles. The number of halogens is 2. The van der Waals surface area contributed by atoms with Gasteiger partial charge >= 0.3 is 0 Å². The van der Waals surface area contributed by atoms with E-state index in [9.17, 15) is 17.6 Å². The zero-order chi connectivity index (χ0) is 15.7. The maximum Gasteiger partial charge on any atom is 0.256 e.